The van der Waals surface area contributed by atoms with Crippen molar-refractivity contribution in [1.82, 2.24) is 5.32 Å². The minimum atomic E-state index is 0.590. The summed E-state index contributed by atoms with van der Waals surface area (Å²) in [4.78, 5) is 0. The first-order valence-corrected chi connectivity index (χ1v) is 4.76. The Morgan fingerprint density at radius 1 is 1.75 bits per heavy atom. The van der Waals surface area contributed by atoms with Crippen molar-refractivity contribution in [1.29, 1.82) is 0 Å². The maximum absolute atomic E-state index is 5.32. The van der Waals surface area contributed by atoms with Gasteiger partial charge in [0.25, 0.3) is 0 Å². The van der Waals surface area contributed by atoms with Crippen molar-refractivity contribution < 1.29 is 4.74 Å². The Labute approximate surface area is 75.0 Å². The molecular weight excluding hydrogens is 150 g/mol. The first-order valence-electron chi connectivity index (χ1n) is 4.76. The average molecular weight is 169 g/mol. The third kappa shape index (κ3) is 2.95. The number of hydrogen-bond donors (Lipinski definition) is 1. The van der Waals surface area contributed by atoms with Gasteiger partial charge in [0.15, 0.2) is 0 Å². The van der Waals surface area contributed by atoms with Crippen LogP contribution in [0.2, 0.25) is 0 Å². The molecule has 0 amide bonds. The van der Waals surface area contributed by atoms with Gasteiger partial charge >= 0.3 is 0 Å². The molecule has 0 aliphatic carbocycles. The van der Waals surface area contributed by atoms with E-state index in [4.69, 9.17) is 4.74 Å². The predicted octanol–water partition coefficient (Wildman–Crippen LogP) is 1.58. The molecule has 0 spiro atoms. The fraction of sp³-hybridized carbons (Fsp3) is 0.800. The van der Waals surface area contributed by atoms with Crippen molar-refractivity contribution in [3.8, 4) is 0 Å². The van der Waals surface area contributed by atoms with Gasteiger partial charge in [-0.15, -0.1) is 6.58 Å². The Morgan fingerprint density at radius 3 is 3.17 bits per heavy atom. The maximum Gasteiger partial charge on any atom is 0.0509 e. The minimum absolute atomic E-state index is 0.590. The highest BCUT2D eigenvalue weighted by Gasteiger charge is 2.21. The monoisotopic (exact) mass is 169 g/mol. The maximum atomic E-state index is 5.32. The van der Waals surface area contributed by atoms with Crippen LogP contribution in [0.3, 0.4) is 0 Å². The van der Waals surface area contributed by atoms with E-state index < -0.39 is 0 Å². The third-order valence-corrected chi connectivity index (χ3v) is 2.49. The number of rotatable bonds is 5. The highest BCUT2D eigenvalue weighted by atomic mass is 16.5. The van der Waals surface area contributed by atoms with Crippen LogP contribution in [-0.2, 0) is 4.74 Å². The lowest BCUT2D eigenvalue weighted by Crippen LogP contribution is -2.34. The van der Waals surface area contributed by atoms with Crippen LogP contribution in [0.5, 0.6) is 0 Å². The van der Waals surface area contributed by atoms with Gasteiger partial charge in [-0.2, -0.15) is 0 Å². The van der Waals surface area contributed by atoms with Crippen LogP contribution >= 0.6 is 0 Å². The van der Waals surface area contributed by atoms with Crippen LogP contribution in [0, 0.1) is 5.92 Å². The van der Waals surface area contributed by atoms with Crippen LogP contribution in [-0.4, -0.2) is 25.8 Å². The van der Waals surface area contributed by atoms with Crippen LogP contribution < -0.4 is 5.32 Å². The zero-order chi connectivity index (χ0) is 8.81. The molecule has 2 heteroatoms. The molecule has 0 aromatic heterocycles. The molecule has 0 aromatic rings. The lowest BCUT2D eigenvalue weighted by atomic mass is 10.0. The zero-order valence-electron chi connectivity index (χ0n) is 7.88. The average Bonchev–Trinajstić information content (AvgIpc) is 2.56. The first kappa shape index (κ1) is 9.75. The number of ether oxygens (including phenoxy) is 1. The standard InChI is InChI=1S/C10H19NO/c1-3-4-6-11-9(2)10-5-7-12-8-10/h3,9-11H,1,4-8H2,2H3. The Morgan fingerprint density at radius 2 is 2.58 bits per heavy atom. The lowest BCUT2D eigenvalue weighted by molar-refractivity contribution is 0.178. The molecule has 0 aromatic carbocycles. The highest BCUT2D eigenvalue weighted by Crippen LogP contribution is 2.15. The molecule has 2 unspecified atom stereocenters. The summed E-state index contributed by atoms with van der Waals surface area (Å²) in [5, 5.41) is 3.47. The summed E-state index contributed by atoms with van der Waals surface area (Å²) >= 11 is 0. The van der Waals surface area contributed by atoms with Gasteiger partial charge < -0.3 is 10.1 Å². The second-order valence-electron chi connectivity index (χ2n) is 3.44. The smallest absolute Gasteiger partial charge is 0.0509 e. The van der Waals surface area contributed by atoms with E-state index in [1.165, 1.54) is 6.42 Å². The Kier molecular flexibility index (Phi) is 4.33. The largest absolute Gasteiger partial charge is 0.381 e. The topological polar surface area (TPSA) is 21.3 Å². The molecule has 1 N–H and O–H groups in total. The number of nitrogens with one attached hydrogen (secondary N) is 1. The van der Waals surface area contributed by atoms with E-state index in [-0.39, 0.29) is 0 Å². The number of hydrogen-bond acceptors (Lipinski definition) is 2. The van der Waals surface area contributed by atoms with Gasteiger partial charge in [0.2, 0.25) is 0 Å². The molecule has 12 heavy (non-hydrogen) atoms. The Hall–Kier alpha value is -0.340. The normalized spacial score (nSPS) is 25.6. The van der Waals surface area contributed by atoms with E-state index >= 15 is 0 Å². The van der Waals surface area contributed by atoms with E-state index in [0.717, 1.165) is 32.1 Å². The van der Waals surface area contributed by atoms with Gasteiger partial charge in [-0.1, -0.05) is 6.08 Å². The fourth-order valence-corrected chi connectivity index (χ4v) is 1.53. The first-order chi connectivity index (χ1) is 5.84. The van der Waals surface area contributed by atoms with Crippen LogP contribution in [0.1, 0.15) is 19.8 Å². The molecule has 1 rings (SSSR count). The summed E-state index contributed by atoms with van der Waals surface area (Å²) in [5.74, 6) is 0.717. The molecule has 1 heterocycles. The van der Waals surface area contributed by atoms with E-state index in [1.54, 1.807) is 0 Å². The third-order valence-electron chi connectivity index (χ3n) is 2.49. The summed E-state index contributed by atoms with van der Waals surface area (Å²) in [7, 11) is 0. The van der Waals surface area contributed by atoms with E-state index in [1.807, 2.05) is 6.08 Å². The molecule has 2 atom stereocenters. The second-order valence-corrected chi connectivity index (χ2v) is 3.44. The van der Waals surface area contributed by atoms with Gasteiger partial charge in [0.1, 0.15) is 0 Å². The molecular formula is C10H19NO. The SMILES string of the molecule is C=CCCNC(C)C1CCOC1. The molecule has 1 fully saturated rings. The van der Waals surface area contributed by atoms with Crippen molar-refractivity contribution in [2.45, 2.75) is 25.8 Å². The van der Waals surface area contributed by atoms with Gasteiger partial charge in [-0.25, -0.2) is 0 Å². The fourth-order valence-electron chi connectivity index (χ4n) is 1.53. The zero-order valence-corrected chi connectivity index (χ0v) is 7.88. The summed E-state index contributed by atoms with van der Waals surface area (Å²) in [6.45, 7) is 8.85. The van der Waals surface area contributed by atoms with Gasteiger partial charge in [-0.3, -0.25) is 0 Å². The summed E-state index contributed by atoms with van der Waals surface area (Å²) in [5.41, 5.74) is 0. The van der Waals surface area contributed by atoms with Gasteiger partial charge in [0, 0.05) is 12.6 Å². The summed E-state index contributed by atoms with van der Waals surface area (Å²) < 4.78 is 5.32. The summed E-state index contributed by atoms with van der Waals surface area (Å²) in [6, 6.07) is 0.590. The Bertz CT molecular complexity index is 130. The Balaban J connectivity index is 2.09. The second kappa shape index (κ2) is 5.33. The van der Waals surface area contributed by atoms with Crippen LogP contribution in [0.15, 0.2) is 12.7 Å². The lowest BCUT2D eigenvalue weighted by Gasteiger charge is -2.18. The van der Waals surface area contributed by atoms with E-state index in [2.05, 4.69) is 18.8 Å². The van der Waals surface area contributed by atoms with Crippen molar-refractivity contribution >= 4 is 0 Å². The van der Waals surface area contributed by atoms with Crippen molar-refractivity contribution in [3.05, 3.63) is 12.7 Å². The van der Waals surface area contributed by atoms with Crippen molar-refractivity contribution in [3.63, 3.8) is 0 Å². The molecule has 2 nitrogen and oxygen atoms in total. The molecule has 1 saturated heterocycles. The van der Waals surface area contributed by atoms with Gasteiger partial charge in [-0.05, 0) is 32.2 Å². The molecule has 70 valence electrons. The molecule has 1 aliphatic rings. The minimum Gasteiger partial charge on any atom is -0.381 e. The summed E-state index contributed by atoms with van der Waals surface area (Å²) in [6.07, 6.45) is 4.21. The predicted molar refractivity (Wildman–Crippen MR) is 51.2 cm³/mol. The van der Waals surface area contributed by atoms with E-state index in [9.17, 15) is 0 Å². The van der Waals surface area contributed by atoms with E-state index in [0.29, 0.717) is 6.04 Å². The van der Waals surface area contributed by atoms with Crippen molar-refractivity contribution in [2.75, 3.05) is 19.8 Å². The highest BCUT2D eigenvalue weighted by molar-refractivity contribution is 4.77. The molecule has 0 saturated carbocycles. The van der Waals surface area contributed by atoms with Crippen LogP contribution in [0.4, 0.5) is 0 Å². The quantitative estimate of drug-likeness (QED) is 0.498. The van der Waals surface area contributed by atoms with Gasteiger partial charge in [0.05, 0.1) is 6.61 Å². The van der Waals surface area contributed by atoms with Crippen molar-refractivity contribution in [2.24, 2.45) is 5.92 Å². The molecule has 0 radical (unpaired) electrons. The molecule has 1 aliphatic heterocycles. The van der Waals surface area contributed by atoms with Crippen LogP contribution in [0.25, 0.3) is 0 Å². The molecule has 0 bridgehead atoms.